The van der Waals surface area contributed by atoms with Crippen molar-refractivity contribution in [2.24, 2.45) is 7.05 Å². The summed E-state index contributed by atoms with van der Waals surface area (Å²) in [5.41, 5.74) is 1.28. The highest BCUT2D eigenvalue weighted by Gasteiger charge is 2.19. The molecule has 1 aromatic carbocycles. The topological polar surface area (TPSA) is 87.8 Å². The number of nitrogens with one attached hydrogen (secondary N) is 1. The molecule has 0 saturated carbocycles. The minimum atomic E-state index is -3.77. The number of hydrogen-bond donors (Lipinski definition) is 1. The van der Waals surface area contributed by atoms with Gasteiger partial charge in [-0.1, -0.05) is 12.1 Å². The smallest absolute Gasteiger partial charge is 0.280 e. The van der Waals surface area contributed by atoms with Crippen LogP contribution in [0.25, 0.3) is 0 Å². The third-order valence-electron chi connectivity index (χ3n) is 2.59. The molecule has 0 aliphatic carbocycles. The third-order valence-corrected chi connectivity index (χ3v) is 3.84. The fourth-order valence-corrected chi connectivity index (χ4v) is 2.68. The van der Waals surface area contributed by atoms with Crippen LogP contribution in [0.1, 0.15) is 11.1 Å². The first kappa shape index (κ1) is 13.1. The molecule has 0 aliphatic rings. The van der Waals surface area contributed by atoms with Crippen LogP contribution in [0.4, 0.5) is 5.69 Å². The van der Waals surface area contributed by atoms with Gasteiger partial charge in [-0.3, -0.25) is 4.72 Å². The molecular weight excluding hydrogens is 264 g/mol. The lowest BCUT2D eigenvalue weighted by Gasteiger charge is -2.08. The van der Waals surface area contributed by atoms with E-state index in [9.17, 15) is 8.42 Å². The Bertz CT molecular complexity index is 756. The van der Waals surface area contributed by atoms with Crippen molar-refractivity contribution < 1.29 is 8.42 Å². The van der Waals surface area contributed by atoms with E-state index in [1.54, 1.807) is 32.2 Å². The zero-order valence-electron chi connectivity index (χ0n) is 10.5. The van der Waals surface area contributed by atoms with Gasteiger partial charge >= 0.3 is 0 Å². The van der Waals surface area contributed by atoms with Crippen LogP contribution >= 0.6 is 0 Å². The van der Waals surface area contributed by atoms with E-state index in [2.05, 4.69) is 9.71 Å². The van der Waals surface area contributed by atoms with Crippen molar-refractivity contribution in [1.82, 2.24) is 9.55 Å². The average Bonchev–Trinajstić information content (AvgIpc) is 2.76. The highest BCUT2D eigenvalue weighted by atomic mass is 32.2. The molecule has 2 rings (SSSR count). The maximum Gasteiger partial charge on any atom is 0.280 e. The zero-order valence-corrected chi connectivity index (χ0v) is 11.3. The standard InChI is InChI=1S/C12H12N4O2S/c1-9-4-3-5-11(10(9)6-13)15-19(17,18)12-7-16(2)8-14-12/h3-5,7-8,15H,1-2H3. The number of sulfonamides is 1. The first-order valence-electron chi connectivity index (χ1n) is 5.44. The molecule has 0 saturated heterocycles. The Morgan fingerprint density at radius 2 is 2.16 bits per heavy atom. The van der Waals surface area contributed by atoms with Crippen LogP contribution in [0.2, 0.25) is 0 Å². The van der Waals surface area contributed by atoms with Crippen molar-refractivity contribution >= 4 is 15.7 Å². The SMILES string of the molecule is Cc1cccc(NS(=O)(=O)c2cn(C)cn2)c1C#N. The highest BCUT2D eigenvalue weighted by molar-refractivity contribution is 7.92. The Hall–Kier alpha value is -2.33. The van der Waals surface area contributed by atoms with E-state index in [4.69, 9.17) is 5.26 Å². The fraction of sp³-hybridized carbons (Fsp3) is 0.167. The fourth-order valence-electron chi connectivity index (χ4n) is 1.63. The van der Waals surface area contributed by atoms with Gasteiger partial charge in [0.25, 0.3) is 10.0 Å². The van der Waals surface area contributed by atoms with Crippen molar-refractivity contribution in [2.45, 2.75) is 11.9 Å². The van der Waals surface area contributed by atoms with E-state index in [-0.39, 0.29) is 10.7 Å². The second kappa shape index (κ2) is 4.74. The molecule has 98 valence electrons. The molecule has 0 atom stereocenters. The monoisotopic (exact) mass is 276 g/mol. The Kier molecular flexibility index (Phi) is 3.27. The number of aromatic nitrogens is 2. The summed E-state index contributed by atoms with van der Waals surface area (Å²) in [7, 11) is -2.09. The van der Waals surface area contributed by atoms with Crippen molar-refractivity contribution in [3.8, 4) is 6.07 Å². The van der Waals surface area contributed by atoms with Crippen molar-refractivity contribution in [3.05, 3.63) is 41.9 Å². The van der Waals surface area contributed by atoms with E-state index >= 15 is 0 Å². The molecule has 0 radical (unpaired) electrons. The lowest BCUT2D eigenvalue weighted by molar-refractivity contribution is 0.598. The molecule has 19 heavy (non-hydrogen) atoms. The average molecular weight is 276 g/mol. The second-order valence-electron chi connectivity index (χ2n) is 4.09. The van der Waals surface area contributed by atoms with Crippen LogP contribution in [-0.2, 0) is 17.1 Å². The van der Waals surface area contributed by atoms with Crippen molar-refractivity contribution in [2.75, 3.05) is 4.72 Å². The summed E-state index contributed by atoms with van der Waals surface area (Å²) >= 11 is 0. The lowest BCUT2D eigenvalue weighted by atomic mass is 10.1. The molecule has 0 unspecified atom stereocenters. The predicted octanol–water partition coefficient (Wildman–Crippen LogP) is 1.40. The van der Waals surface area contributed by atoms with Crippen molar-refractivity contribution in [1.29, 1.82) is 5.26 Å². The molecule has 7 heteroatoms. The Morgan fingerprint density at radius 1 is 1.42 bits per heavy atom. The van der Waals surface area contributed by atoms with Crippen LogP contribution in [0, 0.1) is 18.3 Å². The van der Waals surface area contributed by atoms with E-state index in [0.29, 0.717) is 11.1 Å². The Balaban J connectivity index is 2.42. The number of nitriles is 1. The molecule has 1 N–H and O–H groups in total. The number of anilines is 1. The molecule has 1 heterocycles. The minimum Gasteiger partial charge on any atom is -0.339 e. The largest absolute Gasteiger partial charge is 0.339 e. The third kappa shape index (κ3) is 2.58. The summed E-state index contributed by atoms with van der Waals surface area (Å²) in [6.45, 7) is 1.75. The van der Waals surface area contributed by atoms with Crippen LogP contribution in [-0.4, -0.2) is 18.0 Å². The van der Waals surface area contributed by atoms with Gasteiger partial charge in [-0.05, 0) is 18.6 Å². The second-order valence-corrected chi connectivity index (χ2v) is 5.72. The van der Waals surface area contributed by atoms with Gasteiger partial charge in [0.2, 0.25) is 0 Å². The summed E-state index contributed by atoms with van der Waals surface area (Å²) in [5.74, 6) is 0. The van der Waals surface area contributed by atoms with Crippen LogP contribution in [0.3, 0.4) is 0 Å². The Labute approximate surface area is 111 Å². The molecule has 2 aromatic rings. The summed E-state index contributed by atoms with van der Waals surface area (Å²) < 4.78 is 28.1. The highest BCUT2D eigenvalue weighted by Crippen LogP contribution is 2.21. The van der Waals surface area contributed by atoms with Gasteiger partial charge in [0, 0.05) is 13.2 Å². The molecule has 6 nitrogen and oxygen atoms in total. The van der Waals surface area contributed by atoms with E-state index in [1.165, 1.54) is 17.1 Å². The van der Waals surface area contributed by atoms with Crippen LogP contribution in [0.5, 0.6) is 0 Å². The number of benzene rings is 1. The van der Waals surface area contributed by atoms with Gasteiger partial charge in [-0.25, -0.2) is 4.98 Å². The summed E-state index contributed by atoms with van der Waals surface area (Å²) in [6.07, 6.45) is 2.79. The van der Waals surface area contributed by atoms with Gasteiger partial charge in [0.15, 0.2) is 5.03 Å². The number of hydrogen-bond acceptors (Lipinski definition) is 4. The van der Waals surface area contributed by atoms with Crippen LogP contribution < -0.4 is 4.72 Å². The van der Waals surface area contributed by atoms with E-state index in [1.807, 2.05) is 6.07 Å². The molecule has 0 aliphatic heterocycles. The van der Waals surface area contributed by atoms with E-state index < -0.39 is 10.0 Å². The normalized spacial score (nSPS) is 11.0. The molecule has 0 spiro atoms. The predicted molar refractivity (Wildman–Crippen MR) is 69.9 cm³/mol. The van der Waals surface area contributed by atoms with Crippen LogP contribution in [0.15, 0.2) is 35.7 Å². The number of rotatable bonds is 3. The van der Waals surface area contributed by atoms with Crippen molar-refractivity contribution in [3.63, 3.8) is 0 Å². The van der Waals surface area contributed by atoms with Gasteiger partial charge in [-0.2, -0.15) is 13.7 Å². The minimum absolute atomic E-state index is 0.0830. The van der Waals surface area contributed by atoms with E-state index in [0.717, 1.165) is 0 Å². The number of aryl methyl sites for hydroxylation is 2. The maximum absolute atomic E-state index is 12.1. The first-order chi connectivity index (χ1) is 8.94. The van der Waals surface area contributed by atoms with Gasteiger partial charge in [0.1, 0.15) is 6.07 Å². The first-order valence-corrected chi connectivity index (χ1v) is 6.93. The summed E-state index contributed by atoms with van der Waals surface area (Å²) in [5, 5.41) is 8.98. The Morgan fingerprint density at radius 3 is 2.74 bits per heavy atom. The van der Waals surface area contributed by atoms with Gasteiger partial charge < -0.3 is 4.57 Å². The molecule has 1 aromatic heterocycles. The molecule has 0 fully saturated rings. The maximum atomic E-state index is 12.1. The molecule has 0 amide bonds. The molecule has 0 bridgehead atoms. The quantitative estimate of drug-likeness (QED) is 0.917. The molecular formula is C12H12N4O2S. The van der Waals surface area contributed by atoms with Gasteiger partial charge in [0.05, 0.1) is 17.6 Å². The lowest BCUT2D eigenvalue weighted by Crippen LogP contribution is -2.14. The number of nitrogens with zero attached hydrogens (tertiary/aromatic N) is 3. The zero-order chi connectivity index (χ0) is 14.0. The summed E-state index contributed by atoms with van der Waals surface area (Å²) in [6, 6.07) is 6.97. The number of imidazole rings is 1. The summed E-state index contributed by atoms with van der Waals surface area (Å²) in [4.78, 5) is 3.79. The van der Waals surface area contributed by atoms with Gasteiger partial charge in [-0.15, -0.1) is 0 Å².